The van der Waals surface area contributed by atoms with E-state index in [0.29, 0.717) is 39.1 Å². The monoisotopic (exact) mass is 452 g/mol. The minimum absolute atomic E-state index is 0.127. The predicted octanol–water partition coefficient (Wildman–Crippen LogP) is 3.41. The van der Waals surface area contributed by atoms with Crippen molar-refractivity contribution >= 4 is 16.7 Å². The van der Waals surface area contributed by atoms with Crippen LogP contribution >= 0.6 is 0 Å². The molecule has 0 unspecified atom stereocenters. The van der Waals surface area contributed by atoms with E-state index in [1.807, 2.05) is 18.2 Å². The zero-order chi connectivity index (χ0) is 23.5. The van der Waals surface area contributed by atoms with E-state index in [4.69, 9.17) is 18.9 Å². The van der Waals surface area contributed by atoms with E-state index < -0.39 is 5.97 Å². The predicted molar refractivity (Wildman–Crippen MR) is 126 cm³/mol. The molecule has 4 rings (SSSR count). The molecule has 8 nitrogen and oxygen atoms in total. The van der Waals surface area contributed by atoms with Crippen LogP contribution in [0.3, 0.4) is 0 Å². The third kappa shape index (κ3) is 3.91. The summed E-state index contributed by atoms with van der Waals surface area (Å²) in [6.45, 7) is 1.54. The second kappa shape index (κ2) is 9.54. The van der Waals surface area contributed by atoms with Crippen LogP contribution in [0, 0.1) is 0 Å². The molecule has 0 radical (unpaired) electrons. The van der Waals surface area contributed by atoms with Gasteiger partial charge in [0, 0.05) is 17.0 Å². The zero-order valence-corrected chi connectivity index (χ0v) is 19.3. The number of ether oxygens (including phenoxy) is 4. The molecule has 1 aliphatic rings. The first-order chi connectivity index (χ1) is 16.0. The van der Waals surface area contributed by atoms with Crippen molar-refractivity contribution in [3.63, 3.8) is 0 Å². The van der Waals surface area contributed by atoms with Crippen LogP contribution < -0.4 is 25.1 Å². The molecule has 1 aliphatic heterocycles. The third-order valence-corrected chi connectivity index (χ3v) is 6.13. The van der Waals surface area contributed by atoms with Crippen molar-refractivity contribution < 1.29 is 23.7 Å². The number of carbonyl (C=O) groups excluding carboxylic acids is 1. The number of aromatic nitrogens is 1. The maximum atomic E-state index is 13.7. The number of nitrogens with one attached hydrogen (secondary N) is 1. The normalized spacial score (nSPS) is 14.2. The molecular weight excluding hydrogens is 424 g/mol. The van der Waals surface area contributed by atoms with Gasteiger partial charge in [-0.3, -0.25) is 9.36 Å². The van der Waals surface area contributed by atoms with E-state index in [-0.39, 0.29) is 17.3 Å². The van der Waals surface area contributed by atoms with Crippen molar-refractivity contribution in [3.05, 3.63) is 52.4 Å². The number of esters is 1. The van der Waals surface area contributed by atoms with E-state index in [9.17, 15) is 9.59 Å². The average molecular weight is 453 g/mol. The highest BCUT2D eigenvalue weighted by Crippen LogP contribution is 2.43. The molecule has 1 N–H and O–H groups in total. The molecule has 33 heavy (non-hydrogen) atoms. The first kappa shape index (κ1) is 22.7. The summed E-state index contributed by atoms with van der Waals surface area (Å²) in [4.78, 5) is 26.9. The Morgan fingerprint density at radius 1 is 0.939 bits per heavy atom. The lowest BCUT2D eigenvalue weighted by Crippen LogP contribution is -2.37. The van der Waals surface area contributed by atoms with Gasteiger partial charge in [-0.05, 0) is 55.1 Å². The van der Waals surface area contributed by atoms with Gasteiger partial charge in [0.15, 0.2) is 11.5 Å². The summed E-state index contributed by atoms with van der Waals surface area (Å²) in [7, 11) is 5.94. The summed E-state index contributed by atoms with van der Waals surface area (Å²) < 4.78 is 23.4. The third-order valence-electron chi connectivity index (χ3n) is 6.13. The summed E-state index contributed by atoms with van der Waals surface area (Å²) in [5, 5.41) is 4.50. The topological polar surface area (TPSA) is 88.0 Å². The molecule has 2 heterocycles. The molecule has 2 aromatic carbocycles. The lowest BCUT2D eigenvalue weighted by molar-refractivity contribution is 0.0583. The Balaban J connectivity index is 2.15. The van der Waals surface area contributed by atoms with Crippen LogP contribution in [0.25, 0.3) is 21.9 Å². The highest BCUT2D eigenvalue weighted by Gasteiger charge is 2.29. The number of carbonyl (C=O) groups is 1. The number of benzene rings is 2. The van der Waals surface area contributed by atoms with Gasteiger partial charge in [-0.2, -0.15) is 0 Å². The summed E-state index contributed by atoms with van der Waals surface area (Å²) in [5.41, 5.74) is 1.27. The molecule has 0 saturated carbocycles. The number of rotatable bonds is 6. The maximum Gasteiger partial charge on any atom is 0.355 e. The SMILES string of the molecule is COC(=O)c1c(-c2cc(OC)c(OC)c(OC)c2)c2ccccc2c(=O)n1C1CCNCC1. The number of methoxy groups -OCH3 is 4. The van der Waals surface area contributed by atoms with Crippen LogP contribution in [0.2, 0.25) is 0 Å². The molecule has 1 fully saturated rings. The van der Waals surface area contributed by atoms with Crippen molar-refractivity contribution in [1.82, 2.24) is 9.88 Å². The van der Waals surface area contributed by atoms with Gasteiger partial charge in [-0.15, -0.1) is 0 Å². The zero-order valence-electron chi connectivity index (χ0n) is 19.3. The molecule has 0 bridgehead atoms. The molecule has 0 aliphatic carbocycles. The van der Waals surface area contributed by atoms with Gasteiger partial charge in [0.25, 0.3) is 5.56 Å². The molecule has 0 amide bonds. The molecular formula is C25H28N2O6. The molecule has 3 aromatic rings. The van der Waals surface area contributed by atoms with Gasteiger partial charge in [0.05, 0.1) is 28.4 Å². The van der Waals surface area contributed by atoms with E-state index in [0.717, 1.165) is 25.9 Å². The van der Waals surface area contributed by atoms with Crippen molar-refractivity contribution in [2.24, 2.45) is 0 Å². The maximum absolute atomic E-state index is 13.7. The molecule has 1 saturated heterocycles. The molecule has 174 valence electrons. The second-order valence-corrected chi connectivity index (χ2v) is 7.83. The van der Waals surface area contributed by atoms with Crippen molar-refractivity contribution in [2.45, 2.75) is 18.9 Å². The van der Waals surface area contributed by atoms with E-state index in [1.54, 1.807) is 22.8 Å². The van der Waals surface area contributed by atoms with Crippen molar-refractivity contribution in [1.29, 1.82) is 0 Å². The highest BCUT2D eigenvalue weighted by molar-refractivity contribution is 6.07. The van der Waals surface area contributed by atoms with Crippen molar-refractivity contribution in [2.75, 3.05) is 41.5 Å². The Kier molecular flexibility index (Phi) is 6.55. The van der Waals surface area contributed by atoms with Gasteiger partial charge >= 0.3 is 5.97 Å². The van der Waals surface area contributed by atoms with Gasteiger partial charge in [-0.25, -0.2) is 4.79 Å². The summed E-state index contributed by atoms with van der Waals surface area (Å²) >= 11 is 0. The Morgan fingerprint density at radius 3 is 2.09 bits per heavy atom. The molecule has 0 spiro atoms. The molecule has 8 heteroatoms. The van der Waals surface area contributed by atoms with Gasteiger partial charge in [0.2, 0.25) is 5.75 Å². The quantitative estimate of drug-likeness (QED) is 0.574. The minimum atomic E-state index is -0.569. The average Bonchev–Trinajstić information content (AvgIpc) is 2.87. The fourth-order valence-electron chi connectivity index (χ4n) is 4.59. The highest BCUT2D eigenvalue weighted by atomic mass is 16.5. The minimum Gasteiger partial charge on any atom is -0.493 e. The lowest BCUT2D eigenvalue weighted by Gasteiger charge is -2.28. The van der Waals surface area contributed by atoms with E-state index in [1.165, 1.54) is 28.4 Å². The second-order valence-electron chi connectivity index (χ2n) is 7.83. The molecule has 1 aromatic heterocycles. The first-order valence-corrected chi connectivity index (χ1v) is 10.8. The number of fused-ring (bicyclic) bond motifs is 1. The van der Waals surface area contributed by atoms with Crippen LogP contribution in [0.4, 0.5) is 0 Å². The fourth-order valence-corrected chi connectivity index (χ4v) is 4.59. The number of pyridine rings is 1. The van der Waals surface area contributed by atoms with Crippen LogP contribution in [-0.4, -0.2) is 52.1 Å². The van der Waals surface area contributed by atoms with Crippen LogP contribution in [0.1, 0.15) is 29.4 Å². The van der Waals surface area contributed by atoms with E-state index in [2.05, 4.69) is 5.32 Å². The summed E-state index contributed by atoms with van der Waals surface area (Å²) in [6, 6.07) is 10.7. The van der Waals surface area contributed by atoms with Crippen LogP contribution in [0.5, 0.6) is 17.2 Å². The Hall–Kier alpha value is -3.52. The standard InChI is InChI=1S/C25H28N2O6/c1-30-19-13-15(14-20(31-2)23(19)32-3)21-17-7-5-6-8-18(17)24(28)27(22(21)25(29)33-4)16-9-11-26-12-10-16/h5-8,13-14,16,26H,9-12H2,1-4H3. The largest absolute Gasteiger partial charge is 0.493 e. The van der Waals surface area contributed by atoms with Gasteiger partial charge < -0.3 is 24.3 Å². The number of piperidine rings is 1. The van der Waals surface area contributed by atoms with Crippen LogP contribution in [-0.2, 0) is 4.74 Å². The lowest BCUT2D eigenvalue weighted by atomic mass is 9.94. The molecule has 0 atom stereocenters. The number of hydrogen-bond donors (Lipinski definition) is 1. The number of hydrogen-bond acceptors (Lipinski definition) is 7. The van der Waals surface area contributed by atoms with E-state index >= 15 is 0 Å². The van der Waals surface area contributed by atoms with Gasteiger partial charge in [0.1, 0.15) is 5.69 Å². The van der Waals surface area contributed by atoms with Gasteiger partial charge in [-0.1, -0.05) is 18.2 Å². The Morgan fingerprint density at radius 2 is 1.55 bits per heavy atom. The fraction of sp³-hybridized carbons (Fsp3) is 0.360. The first-order valence-electron chi connectivity index (χ1n) is 10.8. The Bertz CT molecular complexity index is 1220. The summed E-state index contributed by atoms with van der Waals surface area (Å²) in [6.07, 6.45) is 1.47. The smallest absolute Gasteiger partial charge is 0.355 e. The van der Waals surface area contributed by atoms with Crippen LogP contribution in [0.15, 0.2) is 41.2 Å². The number of nitrogens with zero attached hydrogens (tertiary/aromatic N) is 1. The van der Waals surface area contributed by atoms with Crippen molar-refractivity contribution in [3.8, 4) is 28.4 Å². The Labute approximate surface area is 192 Å². The summed E-state index contributed by atoms with van der Waals surface area (Å²) in [5.74, 6) is 0.775.